The Morgan fingerprint density at radius 1 is 1.21 bits per heavy atom. The number of benzene rings is 1. The van der Waals surface area contributed by atoms with Crippen molar-refractivity contribution in [2.24, 2.45) is 0 Å². The number of aromatic nitrogens is 2. The second kappa shape index (κ2) is 5.93. The van der Waals surface area contributed by atoms with E-state index < -0.39 is 11.6 Å². The minimum Gasteiger partial charge on any atom is -0.331 e. The van der Waals surface area contributed by atoms with Gasteiger partial charge in [-0.1, -0.05) is 6.07 Å². The van der Waals surface area contributed by atoms with E-state index in [0.29, 0.717) is 19.1 Å². The predicted molar refractivity (Wildman–Crippen MR) is 69.5 cm³/mol. The molecule has 3 nitrogen and oxygen atoms in total. The van der Waals surface area contributed by atoms with Gasteiger partial charge in [0.2, 0.25) is 0 Å². The van der Waals surface area contributed by atoms with Crippen molar-refractivity contribution < 1.29 is 8.78 Å². The standard InChI is InChI=1S/C14H17F2N3/c1-10(2)19-9-18-8-12(19)7-17-6-11-3-4-13(15)14(16)5-11/h3-5,8-10,17H,6-7H2,1-2H3. The Morgan fingerprint density at radius 2 is 2.00 bits per heavy atom. The quantitative estimate of drug-likeness (QED) is 0.900. The first-order chi connectivity index (χ1) is 9.08. The smallest absolute Gasteiger partial charge is 0.159 e. The Bertz CT molecular complexity index is 549. The van der Waals surface area contributed by atoms with Crippen LogP contribution >= 0.6 is 0 Å². The number of hydrogen-bond acceptors (Lipinski definition) is 2. The lowest BCUT2D eigenvalue weighted by atomic mass is 10.2. The predicted octanol–water partition coefficient (Wildman–Crippen LogP) is 3.03. The lowest BCUT2D eigenvalue weighted by Gasteiger charge is -2.12. The number of halogens is 2. The molecule has 1 N–H and O–H groups in total. The van der Waals surface area contributed by atoms with Gasteiger partial charge in [-0.15, -0.1) is 0 Å². The highest BCUT2D eigenvalue weighted by molar-refractivity contribution is 5.17. The average molecular weight is 265 g/mol. The van der Waals surface area contributed by atoms with Gasteiger partial charge in [-0.05, 0) is 31.5 Å². The van der Waals surface area contributed by atoms with Crippen molar-refractivity contribution >= 4 is 0 Å². The maximum atomic E-state index is 13.0. The summed E-state index contributed by atoms with van der Waals surface area (Å²) >= 11 is 0. The Hall–Kier alpha value is -1.75. The van der Waals surface area contributed by atoms with E-state index in [1.807, 2.05) is 0 Å². The van der Waals surface area contributed by atoms with Crippen molar-refractivity contribution in [3.63, 3.8) is 0 Å². The second-order valence-electron chi connectivity index (χ2n) is 4.74. The second-order valence-corrected chi connectivity index (χ2v) is 4.74. The third-order valence-electron chi connectivity index (χ3n) is 2.92. The number of nitrogens with zero attached hydrogens (tertiary/aromatic N) is 2. The van der Waals surface area contributed by atoms with Crippen molar-refractivity contribution in [1.29, 1.82) is 0 Å². The van der Waals surface area contributed by atoms with Gasteiger partial charge in [-0.25, -0.2) is 13.8 Å². The molecule has 0 aliphatic carbocycles. The highest BCUT2D eigenvalue weighted by atomic mass is 19.2. The normalized spacial score (nSPS) is 11.2. The third kappa shape index (κ3) is 3.38. The summed E-state index contributed by atoms with van der Waals surface area (Å²) in [5.41, 5.74) is 1.78. The van der Waals surface area contributed by atoms with E-state index >= 15 is 0 Å². The first kappa shape index (κ1) is 13.7. The average Bonchev–Trinajstić information content (AvgIpc) is 2.82. The van der Waals surface area contributed by atoms with Crippen LogP contribution in [0.2, 0.25) is 0 Å². The van der Waals surface area contributed by atoms with Gasteiger partial charge in [0, 0.05) is 25.3 Å². The molecule has 0 fully saturated rings. The van der Waals surface area contributed by atoms with E-state index in [9.17, 15) is 8.78 Å². The van der Waals surface area contributed by atoms with Gasteiger partial charge in [0.1, 0.15) is 0 Å². The number of hydrogen-bond donors (Lipinski definition) is 1. The SMILES string of the molecule is CC(C)n1cncc1CNCc1ccc(F)c(F)c1. The van der Waals surface area contributed by atoms with Crippen molar-refractivity contribution in [2.75, 3.05) is 0 Å². The molecule has 0 radical (unpaired) electrons. The maximum absolute atomic E-state index is 13.0. The van der Waals surface area contributed by atoms with E-state index in [4.69, 9.17) is 0 Å². The minimum atomic E-state index is -0.818. The summed E-state index contributed by atoms with van der Waals surface area (Å²) in [5.74, 6) is -1.63. The van der Waals surface area contributed by atoms with E-state index in [2.05, 4.69) is 28.7 Å². The summed E-state index contributed by atoms with van der Waals surface area (Å²) in [7, 11) is 0. The molecule has 2 aromatic rings. The van der Waals surface area contributed by atoms with Crippen LogP contribution < -0.4 is 5.32 Å². The topological polar surface area (TPSA) is 29.9 Å². The van der Waals surface area contributed by atoms with Crippen LogP contribution in [-0.2, 0) is 13.1 Å². The van der Waals surface area contributed by atoms with Crippen molar-refractivity contribution in [1.82, 2.24) is 14.9 Å². The molecular formula is C14H17F2N3. The summed E-state index contributed by atoms with van der Waals surface area (Å²) in [4.78, 5) is 4.11. The zero-order valence-electron chi connectivity index (χ0n) is 11.0. The van der Waals surface area contributed by atoms with Crippen LogP contribution in [0.5, 0.6) is 0 Å². The molecule has 0 spiro atoms. The Kier molecular flexibility index (Phi) is 4.27. The van der Waals surface area contributed by atoms with Gasteiger partial charge in [-0.3, -0.25) is 0 Å². The molecule has 1 aromatic carbocycles. The van der Waals surface area contributed by atoms with E-state index in [1.54, 1.807) is 18.6 Å². The molecule has 5 heteroatoms. The highest BCUT2D eigenvalue weighted by Crippen LogP contribution is 2.10. The molecule has 102 valence electrons. The Balaban J connectivity index is 1.92. The van der Waals surface area contributed by atoms with E-state index in [0.717, 1.165) is 17.3 Å². The zero-order valence-corrected chi connectivity index (χ0v) is 11.0. The minimum absolute atomic E-state index is 0.350. The van der Waals surface area contributed by atoms with Gasteiger partial charge in [-0.2, -0.15) is 0 Å². The summed E-state index contributed by atoms with van der Waals surface area (Å²) in [6, 6.07) is 4.28. The first-order valence-corrected chi connectivity index (χ1v) is 6.23. The van der Waals surface area contributed by atoms with Crippen molar-refractivity contribution in [2.45, 2.75) is 33.0 Å². The molecule has 0 amide bonds. The summed E-state index contributed by atoms with van der Waals surface area (Å²) in [5, 5.41) is 3.20. The zero-order chi connectivity index (χ0) is 13.8. The van der Waals surface area contributed by atoms with Crippen LogP contribution in [0.1, 0.15) is 31.1 Å². The highest BCUT2D eigenvalue weighted by Gasteiger charge is 2.05. The molecule has 0 aliphatic rings. The number of imidazole rings is 1. The monoisotopic (exact) mass is 265 g/mol. The van der Waals surface area contributed by atoms with Crippen molar-refractivity contribution in [3.05, 3.63) is 53.6 Å². The number of nitrogens with one attached hydrogen (secondary N) is 1. The van der Waals surface area contributed by atoms with Crippen LogP contribution in [0, 0.1) is 11.6 Å². The summed E-state index contributed by atoms with van der Waals surface area (Å²) < 4.78 is 27.9. The molecule has 2 rings (SSSR count). The molecule has 0 atom stereocenters. The van der Waals surface area contributed by atoms with Crippen LogP contribution in [0.4, 0.5) is 8.78 Å². The van der Waals surface area contributed by atoms with Gasteiger partial charge < -0.3 is 9.88 Å². The third-order valence-corrected chi connectivity index (χ3v) is 2.92. The fourth-order valence-corrected chi connectivity index (χ4v) is 1.92. The largest absolute Gasteiger partial charge is 0.331 e. The first-order valence-electron chi connectivity index (χ1n) is 6.23. The fourth-order valence-electron chi connectivity index (χ4n) is 1.92. The molecule has 0 saturated carbocycles. The van der Waals surface area contributed by atoms with E-state index in [-0.39, 0.29) is 0 Å². The van der Waals surface area contributed by atoms with Crippen LogP contribution in [0.15, 0.2) is 30.7 Å². The Labute approximate surface area is 111 Å². The Morgan fingerprint density at radius 3 is 2.68 bits per heavy atom. The van der Waals surface area contributed by atoms with Gasteiger partial charge in [0.25, 0.3) is 0 Å². The summed E-state index contributed by atoms with van der Waals surface area (Å²) in [6.07, 6.45) is 3.59. The van der Waals surface area contributed by atoms with Crippen LogP contribution in [-0.4, -0.2) is 9.55 Å². The summed E-state index contributed by atoms with van der Waals surface area (Å²) in [6.45, 7) is 5.29. The maximum Gasteiger partial charge on any atom is 0.159 e. The molecule has 0 bridgehead atoms. The lowest BCUT2D eigenvalue weighted by Crippen LogP contribution is -2.16. The fraction of sp³-hybridized carbons (Fsp3) is 0.357. The van der Waals surface area contributed by atoms with Gasteiger partial charge in [0.15, 0.2) is 11.6 Å². The lowest BCUT2D eigenvalue weighted by molar-refractivity contribution is 0.505. The molecule has 0 saturated heterocycles. The van der Waals surface area contributed by atoms with Crippen molar-refractivity contribution in [3.8, 4) is 0 Å². The molecule has 0 aliphatic heterocycles. The number of rotatable bonds is 5. The molecule has 1 heterocycles. The van der Waals surface area contributed by atoms with Gasteiger partial charge >= 0.3 is 0 Å². The van der Waals surface area contributed by atoms with Gasteiger partial charge in [0.05, 0.1) is 12.0 Å². The molecular weight excluding hydrogens is 248 g/mol. The van der Waals surface area contributed by atoms with Crippen LogP contribution in [0.25, 0.3) is 0 Å². The van der Waals surface area contributed by atoms with Crippen LogP contribution in [0.3, 0.4) is 0 Å². The van der Waals surface area contributed by atoms with E-state index in [1.165, 1.54) is 6.07 Å². The molecule has 1 aromatic heterocycles. The molecule has 0 unspecified atom stereocenters. The molecule has 19 heavy (non-hydrogen) atoms.